The second kappa shape index (κ2) is 22.5. The minimum atomic E-state index is 0.0413. The summed E-state index contributed by atoms with van der Waals surface area (Å²) in [7, 11) is 3.69. The van der Waals surface area contributed by atoms with Gasteiger partial charge in [-0.15, -0.1) is 0 Å². The van der Waals surface area contributed by atoms with E-state index in [1.165, 1.54) is 32.9 Å². The zero-order valence-electron chi connectivity index (χ0n) is 30.2. The molecular formula is C41H57N3O2S2. The molecule has 0 heterocycles. The molecule has 0 spiro atoms. The van der Waals surface area contributed by atoms with E-state index in [1.807, 2.05) is 53.0 Å². The molecule has 2 N–H and O–H groups in total. The summed E-state index contributed by atoms with van der Waals surface area (Å²) in [6.07, 6.45) is 23.7. The lowest BCUT2D eigenvalue weighted by molar-refractivity contribution is -0.108. The molecule has 1 aromatic carbocycles. The summed E-state index contributed by atoms with van der Waals surface area (Å²) < 4.78 is 0. The van der Waals surface area contributed by atoms with E-state index >= 15 is 0 Å². The summed E-state index contributed by atoms with van der Waals surface area (Å²) in [6.45, 7) is 25.7. The summed E-state index contributed by atoms with van der Waals surface area (Å²) in [4.78, 5) is 6.79. The first-order valence-electron chi connectivity index (χ1n) is 16.9. The van der Waals surface area contributed by atoms with Gasteiger partial charge in [0.25, 0.3) is 0 Å². The molecule has 2 unspecified atom stereocenters. The molecule has 0 aromatic heterocycles. The zero-order chi connectivity index (χ0) is 35.5. The van der Waals surface area contributed by atoms with Crippen molar-refractivity contribution < 1.29 is 10.3 Å². The molecule has 2 atom stereocenters. The Morgan fingerprint density at radius 3 is 2.46 bits per heavy atom. The molecule has 0 saturated carbocycles. The summed E-state index contributed by atoms with van der Waals surface area (Å²) in [5.74, 6) is 0.931. The van der Waals surface area contributed by atoms with Crippen LogP contribution >= 0.6 is 21.6 Å². The number of aliphatic hydroxyl groups is 1. The largest absolute Gasteiger partial charge is 0.395 e. The van der Waals surface area contributed by atoms with E-state index in [2.05, 4.69) is 125 Å². The number of hydroxylamine groups is 2. The molecule has 1 aliphatic carbocycles. The van der Waals surface area contributed by atoms with Crippen LogP contribution in [0.3, 0.4) is 0 Å². The van der Waals surface area contributed by atoms with E-state index in [0.29, 0.717) is 18.3 Å². The third kappa shape index (κ3) is 13.8. The topological polar surface area (TPSA) is 59.3 Å². The Kier molecular flexibility index (Phi) is 19.3. The molecule has 2 rings (SSSR count). The quantitative estimate of drug-likeness (QED) is 0.0468. The van der Waals surface area contributed by atoms with Crippen LogP contribution in [0.1, 0.15) is 59.1 Å². The van der Waals surface area contributed by atoms with Crippen LogP contribution in [-0.2, 0) is 0 Å². The summed E-state index contributed by atoms with van der Waals surface area (Å²) >= 11 is 0. The Bertz CT molecular complexity index is 1460. The van der Waals surface area contributed by atoms with Crippen molar-refractivity contribution >= 4 is 39.6 Å². The van der Waals surface area contributed by atoms with Gasteiger partial charge in [-0.1, -0.05) is 102 Å². The van der Waals surface area contributed by atoms with Gasteiger partial charge in [-0.05, 0) is 111 Å². The predicted octanol–water partition coefficient (Wildman–Crippen LogP) is 10.1. The number of hydrogen-bond donors (Lipinski definition) is 2. The number of nitrogens with zero attached hydrogens (tertiary/aromatic N) is 3. The highest BCUT2D eigenvalue weighted by Crippen LogP contribution is 2.29. The molecule has 7 heteroatoms. The van der Waals surface area contributed by atoms with Crippen LogP contribution < -0.4 is 4.90 Å². The molecule has 1 aliphatic rings. The maximum atomic E-state index is 10.1. The van der Waals surface area contributed by atoms with E-state index < -0.39 is 0 Å². The highest BCUT2D eigenvalue weighted by molar-refractivity contribution is 8.77. The number of likely N-dealkylation sites (N-methyl/N-ethyl adjacent to an activating group) is 2. The highest BCUT2D eigenvalue weighted by atomic mass is 33.1. The Morgan fingerprint density at radius 2 is 1.83 bits per heavy atom. The summed E-state index contributed by atoms with van der Waals surface area (Å²) in [5, 5.41) is 21.2. The minimum absolute atomic E-state index is 0.0413. The SMILES string of the molecule is C=C/C=C(\C=C/C(C)SSCCN=C/C=C(C=C)/C(C)=C/c1ccc(N(CC)CCO)cc1C)C(/C)=C/C1=CCC(N(O)CC)C=C1C. The van der Waals surface area contributed by atoms with Crippen molar-refractivity contribution in [3.8, 4) is 0 Å². The van der Waals surface area contributed by atoms with Crippen LogP contribution in [0.5, 0.6) is 0 Å². The third-order valence-electron chi connectivity index (χ3n) is 8.16. The average molecular weight is 688 g/mol. The van der Waals surface area contributed by atoms with Crippen molar-refractivity contribution in [3.63, 3.8) is 0 Å². The number of benzene rings is 1. The van der Waals surface area contributed by atoms with Crippen molar-refractivity contribution in [2.75, 3.05) is 43.4 Å². The molecule has 0 bridgehead atoms. The second-order valence-electron chi connectivity index (χ2n) is 11.8. The number of aryl methyl sites for hydroxylation is 1. The van der Waals surface area contributed by atoms with E-state index in [0.717, 1.165) is 47.7 Å². The Morgan fingerprint density at radius 1 is 1.08 bits per heavy atom. The van der Waals surface area contributed by atoms with E-state index in [4.69, 9.17) is 0 Å². The van der Waals surface area contributed by atoms with Gasteiger partial charge in [0.05, 0.1) is 12.6 Å². The molecule has 260 valence electrons. The number of allylic oxidation sites excluding steroid dienone is 12. The first kappa shape index (κ1) is 41.1. The standard InChI is InChI=1S/C41H57N3O2S2/c1-10-14-37(32(6)28-39-18-20-41(30-34(39)8)44(46)13-4)16-15-35(9)48-47-26-23-42-22-21-36(11-2)31(5)27-38-17-19-40(29-33(38)7)43(12-3)24-25-45/h10-11,14-19,21-22,27-30,35,41,45-46H,1-2,12-13,20,23-26H2,3-9H3/b16-15-,31-27+,32-28+,36-21+,37-14+,42-22?. The van der Waals surface area contributed by atoms with E-state index in [-0.39, 0.29) is 12.6 Å². The first-order chi connectivity index (χ1) is 23.1. The van der Waals surface area contributed by atoms with Gasteiger partial charge in [0.1, 0.15) is 0 Å². The number of hydrogen-bond acceptors (Lipinski definition) is 7. The summed E-state index contributed by atoms with van der Waals surface area (Å²) in [5.41, 5.74) is 10.4. The lowest BCUT2D eigenvalue weighted by Gasteiger charge is -2.25. The molecule has 0 saturated heterocycles. The van der Waals surface area contributed by atoms with Gasteiger partial charge in [-0.25, -0.2) is 0 Å². The van der Waals surface area contributed by atoms with Gasteiger partial charge < -0.3 is 15.2 Å². The molecule has 0 fully saturated rings. The molecule has 0 aliphatic heterocycles. The van der Waals surface area contributed by atoms with Crippen molar-refractivity contribution in [2.24, 2.45) is 4.99 Å². The van der Waals surface area contributed by atoms with Crippen LogP contribution in [0.25, 0.3) is 6.08 Å². The predicted molar refractivity (Wildman–Crippen MR) is 217 cm³/mol. The van der Waals surface area contributed by atoms with Crippen LogP contribution in [-0.4, -0.2) is 71.4 Å². The minimum Gasteiger partial charge on any atom is -0.395 e. The zero-order valence-corrected chi connectivity index (χ0v) is 31.8. The average Bonchev–Trinajstić information content (AvgIpc) is 3.07. The van der Waals surface area contributed by atoms with E-state index in [1.54, 1.807) is 0 Å². The van der Waals surface area contributed by atoms with Gasteiger partial charge in [0.2, 0.25) is 0 Å². The summed E-state index contributed by atoms with van der Waals surface area (Å²) in [6, 6.07) is 6.49. The number of rotatable bonds is 20. The number of anilines is 1. The van der Waals surface area contributed by atoms with Gasteiger partial charge >= 0.3 is 0 Å². The second-order valence-corrected chi connectivity index (χ2v) is 14.7. The van der Waals surface area contributed by atoms with Crippen LogP contribution in [0, 0.1) is 6.92 Å². The highest BCUT2D eigenvalue weighted by Gasteiger charge is 2.16. The maximum absolute atomic E-state index is 10.1. The Labute approximate surface area is 299 Å². The molecule has 0 radical (unpaired) electrons. The van der Waals surface area contributed by atoms with Gasteiger partial charge in [0, 0.05) is 49.1 Å². The van der Waals surface area contributed by atoms with Crippen molar-refractivity contribution in [1.82, 2.24) is 5.06 Å². The van der Waals surface area contributed by atoms with Crippen LogP contribution in [0.4, 0.5) is 5.69 Å². The normalized spacial score (nSPS) is 17.2. The molecule has 48 heavy (non-hydrogen) atoms. The van der Waals surface area contributed by atoms with Gasteiger partial charge in [-0.3, -0.25) is 4.99 Å². The Balaban J connectivity index is 1.89. The molecular weight excluding hydrogens is 631 g/mol. The van der Waals surface area contributed by atoms with Crippen LogP contribution in [0.15, 0.2) is 124 Å². The maximum Gasteiger partial charge on any atom is 0.0606 e. The number of aliphatic hydroxyl groups excluding tert-OH is 1. The third-order valence-corrected chi connectivity index (χ3v) is 10.9. The van der Waals surface area contributed by atoms with Gasteiger partial charge in [0.15, 0.2) is 0 Å². The lowest BCUT2D eigenvalue weighted by atomic mass is 9.92. The van der Waals surface area contributed by atoms with Crippen molar-refractivity contribution in [3.05, 3.63) is 131 Å². The molecule has 5 nitrogen and oxygen atoms in total. The fourth-order valence-electron chi connectivity index (χ4n) is 5.25. The smallest absolute Gasteiger partial charge is 0.0606 e. The lowest BCUT2D eigenvalue weighted by Crippen LogP contribution is -2.31. The monoisotopic (exact) mass is 687 g/mol. The van der Waals surface area contributed by atoms with Gasteiger partial charge in [-0.2, -0.15) is 5.06 Å². The fraction of sp³-hybridized carbons (Fsp3) is 0.390. The number of aliphatic imine (C=N–C) groups is 1. The van der Waals surface area contributed by atoms with E-state index in [9.17, 15) is 10.3 Å². The van der Waals surface area contributed by atoms with Crippen LogP contribution in [0.2, 0.25) is 0 Å². The van der Waals surface area contributed by atoms with Crippen molar-refractivity contribution in [2.45, 2.75) is 66.2 Å². The molecule has 1 aromatic rings. The molecule has 0 amide bonds. The van der Waals surface area contributed by atoms with Crippen molar-refractivity contribution in [1.29, 1.82) is 0 Å². The Hall–Kier alpha value is -3.07. The first-order valence-corrected chi connectivity index (χ1v) is 19.3. The fourth-order valence-corrected chi connectivity index (χ4v) is 7.23.